The lowest BCUT2D eigenvalue weighted by Gasteiger charge is -2.12. The van der Waals surface area contributed by atoms with Gasteiger partial charge in [0.15, 0.2) is 0 Å². The maximum Gasteiger partial charge on any atom is 0.124 e. The maximum absolute atomic E-state index is 12.9. The number of aromatic nitrogens is 2. The average Bonchev–Trinajstić information content (AvgIpc) is 2.12. The van der Waals surface area contributed by atoms with Gasteiger partial charge in [0.25, 0.3) is 0 Å². The molecule has 1 rings (SSSR count). The molecule has 0 spiro atoms. The molecule has 1 aromatic rings. The molecule has 0 atom stereocenters. The molecule has 55 valence electrons. The molecule has 1 heterocycles. The maximum atomic E-state index is 12.9. The van der Waals surface area contributed by atoms with Crippen LogP contribution in [0.5, 0.6) is 0 Å². The van der Waals surface area contributed by atoms with Crippen molar-refractivity contribution in [1.29, 1.82) is 0 Å². The average molecular weight is 141 g/mol. The molecule has 1 aromatic heterocycles. The van der Waals surface area contributed by atoms with Crippen molar-refractivity contribution in [2.75, 3.05) is 0 Å². The molecule has 0 amide bonds. The van der Waals surface area contributed by atoms with Gasteiger partial charge in [-0.25, -0.2) is 4.39 Å². The van der Waals surface area contributed by atoms with E-state index in [1.807, 2.05) is 0 Å². The van der Waals surface area contributed by atoms with Crippen molar-refractivity contribution in [2.45, 2.75) is 26.1 Å². The molecule has 0 aliphatic carbocycles. The van der Waals surface area contributed by atoms with Crippen LogP contribution in [-0.4, -0.2) is 15.4 Å². The molecule has 0 saturated carbocycles. The van der Waals surface area contributed by atoms with Crippen LogP contribution in [0.4, 0.5) is 4.39 Å². The molecule has 3 heteroatoms. The van der Waals surface area contributed by atoms with Crippen molar-refractivity contribution in [2.24, 2.45) is 0 Å². The minimum absolute atomic E-state index is 0.288. The summed E-state index contributed by atoms with van der Waals surface area (Å²) >= 11 is 0. The molecule has 0 saturated heterocycles. The first-order chi connectivity index (χ1) is 4.58. The van der Waals surface area contributed by atoms with Crippen LogP contribution in [0.2, 0.25) is 0 Å². The number of hydrogen-bond donors (Lipinski definition) is 0. The van der Waals surface area contributed by atoms with E-state index in [4.69, 9.17) is 0 Å². The van der Waals surface area contributed by atoms with Crippen LogP contribution in [0.1, 0.15) is 13.8 Å². The quantitative estimate of drug-likeness (QED) is 0.609. The van der Waals surface area contributed by atoms with Gasteiger partial charge < -0.3 is 0 Å². The van der Waals surface area contributed by atoms with Crippen LogP contribution in [0.3, 0.4) is 0 Å². The lowest BCUT2D eigenvalue weighted by atomic mass is 10.2. The summed E-state index contributed by atoms with van der Waals surface area (Å²) in [4.78, 5) is 0. The lowest BCUT2D eigenvalue weighted by Crippen LogP contribution is -2.20. The second-order valence-corrected chi connectivity index (χ2v) is 2.86. The highest BCUT2D eigenvalue weighted by atomic mass is 19.1. The molecule has 0 aromatic carbocycles. The summed E-state index contributed by atoms with van der Waals surface area (Å²) in [6.07, 6.45) is 3.15. The van der Waals surface area contributed by atoms with Crippen LogP contribution in [0.15, 0.2) is 12.4 Å². The molecule has 0 bridgehead atoms. The van der Waals surface area contributed by atoms with E-state index >= 15 is 0 Å². The molecular weight excluding hydrogens is 131 g/mol. The number of alkyl halides is 1. The van der Waals surface area contributed by atoms with Crippen LogP contribution in [0, 0.1) is 6.07 Å². The molecule has 0 aliphatic rings. The van der Waals surface area contributed by atoms with Gasteiger partial charge >= 0.3 is 0 Å². The van der Waals surface area contributed by atoms with Gasteiger partial charge in [-0.15, -0.1) is 0 Å². The minimum atomic E-state index is -1.19. The Hall–Kier alpha value is -0.860. The van der Waals surface area contributed by atoms with Crippen molar-refractivity contribution >= 4 is 0 Å². The van der Waals surface area contributed by atoms with E-state index in [2.05, 4.69) is 11.2 Å². The summed E-state index contributed by atoms with van der Waals surface area (Å²) in [6.45, 7) is 3.33. The highest BCUT2D eigenvalue weighted by molar-refractivity contribution is 4.77. The van der Waals surface area contributed by atoms with Crippen LogP contribution in [-0.2, 0) is 6.54 Å². The van der Waals surface area contributed by atoms with Gasteiger partial charge in [-0.05, 0) is 13.8 Å². The number of hydrogen-bond acceptors (Lipinski definition) is 1. The van der Waals surface area contributed by atoms with E-state index in [1.165, 1.54) is 24.7 Å². The van der Waals surface area contributed by atoms with Crippen molar-refractivity contribution in [1.82, 2.24) is 9.78 Å². The second-order valence-electron chi connectivity index (χ2n) is 2.86. The molecule has 0 fully saturated rings. The topological polar surface area (TPSA) is 17.8 Å². The van der Waals surface area contributed by atoms with Crippen molar-refractivity contribution in [3.8, 4) is 0 Å². The fourth-order valence-electron chi connectivity index (χ4n) is 0.732. The van der Waals surface area contributed by atoms with Gasteiger partial charge in [-0.2, -0.15) is 5.10 Å². The van der Waals surface area contributed by atoms with Gasteiger partial charge in [-0.3, -0.25) is 4.68 Å². The van der Waals surface area contributed by atoms with Crippen molar-refractivity contribution in [3.05, 3.63) is 18.5 Å². The van der Waals surface area contributed by atoms with Gasteiger partial charge in [0.05, 0.1) is 12.7 Å². The van der Waals surface area contributed by atoms with Crippen molar-refractivity contribution < 1.29 is 4.39 Å². The van der Waals surface area contributed by atoms with Gasteiger partial charge in [-0.1, -0.05) is 0 Å². The Morgan fingerprint density at radius 3 is 2.80 bits per heavy atom. The van der Waals surface area contributed by atoms with Crippen LogP contribution >= 0.6 is 0 Å². The summed E-state index contributed by atoms with van der Waals surface area (Å²) < 4.78 is 14.4. The zero-order chi connectivity index (χ0) is 7.61. The van der Waals surface area contributed by atoms with Crippen LogP contribution < -0.4 is 0 Å². The zero-order valence-electron chi connectivity index (χ0n) is 6.13. The first-order valence-corrected chi connectivity index (χ1v) is 3.15. The molecule has 0 unspecified atom stereocenters. The predicted molar refractivity (Wildman–Crippen MR) is 36.2 cm³/mol. The normalized spacial score (nSPS) is 11.9. The fourth-order valence-corrected chi connectivity index (χ4v) is 0.732. The molecule has 0 aliphatic heterocycles. The molecule has 10 heavy (non-hydrogen) atoms. The lowest BCUT2D eigenvalue weighted by molar-refractivity contribution is 0.179. The molecule has 1 radical (unpaired) electrons. The van der Waals surface area contributed by atoms with E-state index in [1.54, 1.807) is 6.20 Å². The smallest absolute Gasteiger partial charge is 0.124 e. The van der Waals surface area contributed by atoms with E-state index in [0.717, 1.165) is 0 Å². The standard InChI is InChI=1S/C7H10FN2/c1-7(2,8)6-10-5-3-4-9-10/h4-5H,6H2,1-2H3. The Morgan fingerprint density at radius 2 is 2.40 bits per heavy atom. The Balaban J connectivity index is 2.57. The Kier molecular flexibility index (Phi) is 1.74. The Bertz CT molecular complexity index is 186. The number of rotatable bonds is 2. The highest BCUT2D eigenvalue weighted by Gasteiger charge is 2.15. The number of halogens is 1. The van der Waals surface area contributed by atoms with E-state index < -0.39 is 5.67 Å². The fraction of sp³-hybridized carbons (Fsp3) is 0.571. The third-order valence-electron chi connectivity index (χ3n) is 1.04. The molecular formula is C7H10FN2. The van der Waals surface area contributed by atoms with Gasteiger partial charge in [0.2, 0.25) is 0 Å². The first kappa shape index (κ1) is 7.25. The monoisotopic (exact) mass is 141 g/mol. The van der Waals surface area contributed by atoms with Gasteiger partial charge in [0.1, 0.15) is 5.67 Å². The number of nitrogens with zero attached hydrogens (tertiary/aromatic N) is 2. The van der Waals surface area contributed by atoms with E-state index in [-0.39, 0.29) is 6.54 Å². The van der Waals surface area contributed by atoms with Crippen molar-refractivity contribution in [3.63, 3.8) is 0 Å². The second kappa shape index (κ2) is 2.40. The summed E-state index contributed by atoms with van der Waals surface area (Å²) in [5.41, 5.74) is -1.19. The molecule has 0 N–H and O–H groups in total. The third-order valence-corrected chi connectivity index (χ3v) is 1.04. The molecule has 2 nitrogen and oxygen atoms in total. The zero-order valence-corrected chi connectivity index (χ0v) is 6.13. The summed E-state index contributed by atoms with van der Waals surface area (Å²) in [5, 5.41) is 3.82. The van der Waals surface area contributed by atoms with E-state index in [0.29, 0.717) is 0 Å². The summed E-state index contributed by atoms with van der Waals surface area (Å²) in [5.74, 6) is 0. The van der Waals surface area contributed by atoms with Gasteiger partial charge in [0, 0.05) is 12.3 Å². The Morgan fingerprint density at radius 1 is 1.70 bits per heavy atom. The first-order valence-electron chi connectivity index (χ1n) is 3.15. The highest BCUT2D eigenvalue weighted by Crippen LogP contribution is 2.09. The van der Waals surface area contributed by atoms with Crippen LogP contribution in [0.25, 0.3) is 0 Å². The third kappa shape index (κ3) is 2.17. The summed E-state index contributed by atoms with van der Waals surface area (Å²) in [7, 11) is 0. The SMILES string of the molecule is CC(C)(F)Cn1c[c]cn1. The largest absolute Gasteiger partial charge is 0.269 e. The predicted octanol–water partition coefficient (Wildman–Crippen LogP) is 1.43. The minimum Gasteiger partial charge on any atom is -0.269 e. The Labute approximate surface area is 59.7 Å². The summed E-state index contributed by atoms with van der Waals surface area (Å²) in [6, 6.07) is 2.74. The van der Waals surface area contributed by atoms with E-state index in [9.17, 15) is 4.39 Å².